The van der Waals surface area contributed by atoms with Crippen molar-refractivity contribution in [1.29, 1.82) is 0 Å². The van der Waals surface area contributed by atoms with E-state index in [9.17, 15) is 0 Å². The molecule has 0 amide bonds. The summed E-state index contributed by atoms with van der Waals surface area (Å²) in [5.74, 6) is 0. The fourth-order valence-electron chi connectivity index (χ4n) is 1.99. The lowest BCUT2D eigenvalue weighted by molar-refractivity contribution is 0.609. The van der Waals surface area contributed by atoms with Crippen LogP contribution >= 0.6 is 0 Å². The smallest absolute Gasteiger partial charge is 0.0627 e. The molecule has 1 aromatic carbocycles. The van der Waals surface area contributed by atoms with Crippen LogP contribution in [-0.4, -0.2) is 0 Å². The Labute approximate surface area is 72.1 Å². The summed E-state index contributed by atoms with van der Waals surface area (Å²) in [4.78, 5) is 0. The second kappa shape index (κ2) is 1.92. The number of benzene rings is 1. The van der Waals surface area contributed by atoms with Crippen molar-refractivity contribution in [2.45, 2.75) is 18.4 Å². The lowest BCUT2D eigenvalue weighted by atomic mass is 9.96. The zero-order valence-electron chi connectivity index (χ0n) is 6.88. The van der Waals surface area contributed by atoms with E-state index in [2.05, 4.69) is 41.9 Å². The van der Waals surface area contributed by atoms with Gasteiger partial charge in [-0.2, -0.15) is 0 Å². The van der Waals surface area contributed by atoms with Gasteiger partial charge in [0.2, 0.25) is 0 Å². The molecular weight excluding hydrogens is 146 g/mol. The minimum Gasteiger partial charge on any atom is -0.381 e. The van der Waals surface area contributed by atoms with Crippen LogP contribution in [-0.2, 0) is 5.54 Å². The molecule has 0 saturated heterocycles. The number of fused-ring (bicyclic) bond motifs is 2. The molecule has 0 aromatic heterocycles. The SMILES string of the molecule is C1=Cc2ccccc2C2(CC2)N1. The summed E-state index contributed by atoms with van der Waals surface area (Å²) >= 11 is 0. The van der Waals surface area contributed by atoms with Crippen molar-refractivity contribution in [1.82, 2.24) is 5.32 Å². The fraction of sp³-hybridized carbons (Fsp3) is 0.273. The van der Waals surface area contributed by atoms with Crippen LogP contribution in [0.2, 0.25) is 0 Å². The van der Waals surface area contributed by atoms with Crippen molar-refractivity contribution in [3.63, 3.8) is 0 Å². The molecular formula is C11H11N. The predicted octanol–water partition coefficient (Wildman–Crippen LogP) is 2.25. The molecule has 1 aliphatic carbocycles. The van der Waals surface area contributed by atoms with Crippen molar-refractivity contribution in [3.05, 3.63) is 41.6 Å². The van der Waals surface area contributed by atoms with Crippen molar-refractivity contribution in [2.24, 2.45) is 0 Å². The fourth-order valence-corrected chi connectivity index (χ4v) is 1.99. The van der Waals surface area contributed by atoms with Gasteiger partial charge >= 0.3 is 0 Å². The van der Waals surface area contributed by atoms with E-state index in [-0.39, 0.29) is 0 Å². The second-order valence-corrected chi connectivity index (χ2v) is 3.65. The van der Waals surface area contributed by atoms with E-state index in [0.717, 1.165) is 0 Å². The van der Waals surface area contributed by atoms with Crippen LogP contribution < -0.4 is 5.32 Å². The Morgan fingerprint density at radius 3 is 2.83 bits per heavy atom. The van der Waals surface area contributed by atoms with Crippen molar-refractivity contribution in [2.75, 3.05) is 0 Å². The lowest BCUT2D eigenvalue weighted by Crippen LogP contribution is -2.27. The number of rotatable bonds is 0. The average molecular weight is 157 g/mol. The summed E-state index contributed by atoms with van der Waals surface area (Å²) in [5, 5.41) is 3.45. The molecule has 3 rings (SSSR count). The number of nitrogens with one attached hydrogen (secondary N) is 1. The van der Waals surface area contributed by atoms with E-state index in [1.807, 2.05) is 0 Å². The van der Waals surface area contributed by atoms with Gasteiger partial charge in [0, 0.05) is 0 Å². The van der Waals surface area contributed by atoms with E-state index in [1.165, 1.54) is 24.0 Å². The monoisotopic (exact) mass is 157 g/mol. The van der Waals surface area contributed by atoms with Gasteiger partial charge in [-0.15, -0.1) is 0 Å². The minimum atomic E-state index is 0.325. The average Bonchev–Trinajstić information content (AvgIpc) is 2.87. The molecule has 12 heavy (non-hydrogen) atoms. The Morgan fingerprint density at radius 2 is 2.00 bits per heavy atom. The maximum absolute atomic E-state index is 3.45. The third-order valence-corrected chi connectivity index (χ3v) is 2.85. The van der Waals surface area contributed by atoms with Crippen LogP contribution in [0.4, 0.5) is 0 Å². The minimum absolute atomic E-state index is 0.325. The third-order valence-electron chi connectivity index (χ3n) is 2.85. The molecule has 1 heteroatoms. The molecule has 0 atom stereocenters. The first kappa shape index (κ1) is 6.30. The number of hydrogen-bond donors (Lipinski definition) is 1. The Balaban J connectivity index is 2.23. The Morgan fingerprint density at radius 1 is 1.17 bits per heavy atom. The number of hydrogen-bond acceptors (Lipinski definition) is 1. The van der Waals surface area contributed by atoms with Gasteiger partial charge in [-0.05, 0) is 36.2 Å². The van der Waals surface area contributed by atoms with Crippen LogP contribution in [0.25, 0.3) is 6.08 Å². The quantitative estimate of drug-likeness (QED) is 0.609. The molecule has 2 aliphatic rings. The molecule has 1 fully saturated rings. The maximum atomic E-state index is 3.45. The van der Waals surface area contributed by atoms with Crippen molar-refractivity contribution >= 4 is 6.08 Å². The van der Waals surface area contributed by atoms with Crippen molar-refractivity contribution in [3.8, 4) is 0 Å². The molecule has 0 radical (unpaired) electrons. The zero-order chi connectivity index (χ0) is 8.02. The van der Waals surface area contributed by atoms with E-state index < -0.39 is 0 Å². The van der Waals surface area contributed by atoms with E-state index >= 15 is 0 Å². The first-order chi connectivity index (χ1) is 5.91. The molecule has 1 heterocycles. The zero-order valence-corrected chi connectivity index (χ0v) is 6.88. The highest BCUT2D eigenvalue weighted by Crippen LogP contribution is 2.48. The van der Waals surface area contributed by atoms with E-state index in [4.69, 9.17) is 0 Å². The highest BCUT2D eigenvalue weighted by molar-refractivity contribution is 5.60. The third kappa shape index (κ3) is 0.685. The van der Waals surface area contributed by atoms with Gasteiger partial charge in [0.25, 0.3) is 0 Å². The normalized spacial score (nSPS) is 21.7. The summed E-state index contributed by atoms with van der Waals surface area (Å²) in [6, 6.07) is 8.65. The molecule has 1 spiro atoms. The van der Waals surface area contributed by atoms with Gasteiger partial charge in [0.15, 0.2) is 0 Å². The van der Waals surface area contributed by atoms with E-state index in [1.54, 1.807) is 0 Å². The molecule has 60 valence electrons. The van der Waals surface area contributed by atoms with Crippen LogP contribution in [0.15, 0.2) is 30.5 Å². The van der Waals surface area contributed by atoms with Gasteiger partial charge < -0.3 is 5.32 Å². The van der Waals surface area contributed by atoms with Crippen molar-refractivity contribution < 1.29 is 0 Å². The van der Waals surface area contributed by atoms with Crippen LogP contribution in [0, 0.1) is 0 Å². The maximum Gasteiger partial charge on any atom is 0.0627 e. The van der Waals surface area contributed by atoms with Gasteiger partial charge in [0.05, 0.1) is 5.54 Å². The van der Waals surface area contributed by atoms with Gasteiger partial charge in [0.1, 0.15) is 0 Å². The summed E-state index contributed by atoms with van der Waals surface area (Å²) in [5.41, 5.74) is 3.19. The molecule has 0 bridgehead atoms. The first-order valence-corrected chi connectivity index (χ1v) is 4.45. The van der Waals surface area contributed by atoms with Gasteiger partial charge in [-0.3, -0.25) is 0 Å². The largest absolute Gasteiger partial charge is 0.381 e. The first-order valence-electron chi connectivity index (χ1n) is 4.45. The Kier molecular flexibility index (Phi) is 1.01. The molecule has 1 aromatic rings. The molecule has 1 saturated carbocycles. The standard InChI is InChI=1S/C11H11N/c1-2-4-10-9(3-1)5-8-12-11(10)6-7-11/h1-5,8,12H,6-7H2. The molecule has 1 aliphatic heterocycles. The predicted molar refractivity (Wildman–Crippen MR) is 49.5 cm³/mol. The highest BCUT2D eigenvalue weighted by Gasteiger charge is 2.45. The summed E-state index contributed by atoms with van der Waals surface area (Å²) < 4.78 is 0. The van der Waals surface area contributed by atoms with Crippen LogP contribution in [0.1, 0.15) is 24.0 Å². The molecule has 1 nitrogen and oxygen atoms in total. The topological polar surface area (TPSA) is 12.0 Å². The van der Waals surface area contributed by atoms with E-state index in [0.29, 0.717) is 5.54 Å². The van der Waals surface area contributed by atoms with Gasteiger partial charge in [-0.1, -0.05) is 24.3 Å². The molecule has 1 N–H and O–H groups in total. The summed E-state index contributed by atoms with van der Waals surface area (Å²) in [6.07, 6.45) is 6.80. The second-order valence-electron chi connectivity index (χ2n) is 3.65. The highest BCUT2D eigenvalue weighted by atomic mass is 15.0. The Bertz CT molecular complexity index is 348. The van der Waals surface area contributed by atoms with Crippen LogP contribution in [0.5, 0.6) is 0 Å². The van der Waals surface area contributed by atoms with Gasteiger partial charge in [-0.25, -0.2) is 0 Å². The summed E-state index contributed by atoms with van der Waals surface area (Å²) in [6.45, 7) is 0. The lowest BCUT2D eigenvalue weighted by Gasteiger charge is -2.22. The molecule has 0 unspecified atom stereocenters. The van der Waals surface area contributed by atoms with Crippen LogP contribution in [0.3, 0.4) is 0 Å². The Hall–Kier alpha value is -1.24. The summed E-state index contributed by atoms with van der Waals surface area (Å²) in [7, 11) is 0.